The molecule has 1 aliphatic carbocycles. The van der Waals surface area contributed by atoms with Gasteiger partial charge in [-0.05, 0) is 59.7 Å². The highest BCUT2D eigenvalue weighted by Gasteiger charge is 2.15. The van der Waals surface area contributed by atoms with Crippen molar-refractivity contribution in [2.75, 3.05) is 5.32 Å². The van der Waals surface area contributed by atoms with Gasteiger partial charge in [0.1, 0.15) is 0 Å². The lowest BCUT2D eigenvalue weighted by Gasteiger charge is -2.22. The molecule has 3 aromatic carbocycles. The quantitative estimate of drug-likeness (QED) is 0.536. The molecule has 1 aliphatic rings. The highest BCUT2D eigenvalue weighted by molar-refractivity contribution is 5.68. The number of benzene rings is 3. The van der Waals surface area contributed by atoms with E-state index in [0.29, 0.717) is 0 Å². The molecular weight excluding hydrogens is 302 g/mol. The summed E-state index contributed by atoms with van der Waals surface area (Å²) in [5, 5.41) is 3.43. The zero-order valence-electron chi connectivity index (χ0n) is 14.6. The summed E-state index contributed by atoms with van der Waals surface area (Å²) >= 11 is 0. The zero-order chi connectivity index (χ0) is 16.9. The van der Waals surface area contributed by atoms with Crippen LogP contribution < -0.4 is 5.32 Å². The van der Waals surface area contributed by atoms with E-state index < -0.39 is 0 Å². The molecule has 1 heteroatoms. The van der Waals surface area contributed by atoms with Gasteiger partial charge in [-0.25, -0.2) is 0 Å². The predicted octanol–water partition coefficient (Wildman–Crippen LogP) is 7.14. The lowest BCUT2D eigenvalue weighted by atomic mass is 9.84. The summed E-state index contributed by atoms with van der Waals surface area (Å²) in [6.45, 7) is 0. The summed E-state index contributed by atoms with van der Waals surface area (Å²) in [5.41, 5.74) is 6.33. The van der Waals surface area contributed by atoms with E-state index in [9.17, 15) is 0 Å². The molecule has 1 nitrogen and oxygen atoms in total. The van der Waals surface area contributed by atoms with Crippen molar-refractivity contribution in [3.8, 4) is 11.1 Å². The maximum Gasteiger partial charge on any atom is 0.0384 e. The molecule has 0 aromatic heterocycles. The van der Waals surface area contributed by atoms with Crippen molar-refractivity contribution in [1.82, 2.24) is 0 Å². The second kappa shape index (κ2) is 7.57. The van der Waals surface area contributed by atoms with Crippen LogP contribution >= 0.6 is 0 Å². The molecule has 126 valence electrons. The Kier molecular flexibility index (Phi) is 4.83. The number of anilines is 2. The van der Waals surface area contributed by atoms with Crippen molar-refractivity contribution >= 4 is 11.4 Å². The van der Waals surface area contributed by atoms with Crippen LogP contribution in [0.4, 0.5) is 11.4 Å². The second-order valence-corrected chi connectivity index (χ2v) is 7.03. The number of hydrogen-bond acceptors (Lipinski definition) is 1. The van der Waals surface area contributed by atoms with Crippen LogP contribution in [-0.2, 0) is 0 Å². The summed E-state index contributed by atoms with van der Waals surface area (Å²) < 4.78 is 0. The average Bonchev–Trinajstić information content (AvgIpc) is 2.70. The van der Waals surface area contributed by atoms with Crippen LogP contribution in [0, 0.1) is 0 Å². The number of para-hydroxylation sites is 1. The SMILES string of the molecule is c1ccc(Nc2ccc(-c3ccc(C4CCCCC4)cc3)cc2)cc1. The monoisotopic (exact) mass is 327 g/mol. The van der Waals surface area contributed by atoms with Crippen LogP contribution in [0.3, 0.4) is 0 Å². The van der Waals surface area contributed by atoms with E-state index in [1.807, 2.05) is 18.2 Å². The van der Waals surface area contributed by atoms with Gasteiger partial charge in [0.25, 0.3) is 0 Å². The first-order chi connectivity index (χ1) is 12.4. The van der Waals surface area contributed by atoms with Gasteiger partial charge in [-0.3, -0.25) is 0 Å². The Morgan fingerprint density at radius 1 is 0.560 bits per heavy atom. The van der Waals surface area contributed by atoms with E-state index in [1.54, 1.807) is 0 Å². The molecule has 0 radical (unpaired) electrons. The Balaban J connectivity index is 1.46. The van der Waals surface area contributed by atoms with Gasteiger partial charge in [0.05, 0.1) is 0 Å². The zero-order valence-corrected chi connectivity index (χ0v) is 14.6. The Bertz CT molecular complexity index is 782. The van der Waals surface area contributed by atoms with E-state index in [1.165, 1.54) is 48.8 Å². The fraction of sp³-hybridized carbons (Fsp3) is 0.250. The average molecular weight is 327 g/mol. The van der Waals surface area contributed by atoms with Crippen molar-refractivity contribution in [1.29, 1.82) is 0 Å². The highest BCUT2D eigenvalue weighted by Crippen LogP contribution is 2.33. The van der Waals surface area contributed by atoms with Gasteiger partial charge in [-0.2, -0.15) is 0 Å². The van der Waals surface area contributed by atoms with E-state index in [0.717, 1.165) is 17.3 Å². The van der Waals surface area contributed by atoms with Crippen molar-refractivity contribution in [2.45, 2.75) is 38.0 Å². The lowest BCUT2D eigenvalue weighted by Crippen LogP contribution is -2.04. The molecule has 0 spiro atoms. The minimum Gasteiger partial charge on any atom is -0.356 e. The normalized spacial score (nSPS) is 15.0. The third-order valence-corrected chi connectivity index (χ3v) is 5.27. The Hall–Kier alpha value is -2.54. The first-order valence-corrected chi connectivity index (χ1v) is 9.41. The molecule has 0 aliphatic heterocycles. The number of hydrogen-bond donors (Lipinski definition) is 1. The second-order valence-electron chi connectivity index (χ2n) is 7.03. The number of rotatable bonds is 4. The van der Waals surface area contributed by atoms with Gasteiger partial charge < -0.3 is 5.32 Å². The van der Waals surface area contributed by atoms with Gasteiger partial charge >= 0.3 is 0 Å². The molecule has 4 rings (SSSR count). The lowest BCUT2D eigenvalue weighted by molar-refractivity contribution is 0.443. The minimum absolute atomic E-state index is 0.778. The molecule has 0 bridgehead atoms. The molecule has 1 fully saturated rings. The molecular formula is C24H25N. The van der Waals surface area contributed by atoms with Crippen LogP contribution in [0.2, 0.25) is 0 Å². The molecule has 3 aromatic rings. The Morgan fingerprint density at radius 3 is 1.76 bits per heavy atom. The van der Waals surface area contributed by atoms with E-state index in [-0.39, 0.29) is 0 Å². The molecule has 1 N–H and O–H groups in total. The van der Waals surface area contributed by atoms with Crippen molar-refractivity contribution < 1.29 is 0 Å². The molecule has 0 heterocycles. The van der Waals surface area contributed by atoms with Crippen LogP contribution in [0.15, 0.2) is 78.9 Å². The maximum absolute atomic E-state index is 3.43. The van der Waals surface area contributed by atoms with Crippen LogP contribution in [0.1, 0.15) is 43.6 Å². The predicted molar refractivity (Wildman–Crippen MR) is 107 cm³/mol. The smallest absolute Gasteiger partial charge is 0.0384 e. The maximum atomic E-state index is 3.43. The first-order valence-electron chi connectivity index (χ1n) is 9.41. The van der Waals surface area contributed by atoms with E-state index >= 15 is 0 Å². The van der Waals surface area contributed by atoms with Gasteiger partial charge in [-0.1, -0.05) is 73.9 Å². The topological polar surface area (TPSA) is 12.0 Å². The summed E-state index contributed by atoms with van der Waals surface area (Å²) in [6, 6.07) is 28.2. The van der Waals surface area contributed by atoms with Crippen LogP contribution in [0.25, 0.3) is 11.1 Å². The van der Waals surface area contributed by atoms with Crippen molar-refractivity contribution in [3.05, 3.63) is 84.4 Å². The molecule has 1 saturated carbocycles. The standard InChI is InChI=1S/C24H25N/c1-3-7-19(8-4-1)20-11-13-21(14-12-20)22-15-17-24(18-16-22)25-23-9-5-2-6-10-23/h2,5-6,9-19,25H,1,3-4,7-8H2. The van der Waals surface area contributed by atoms with Crippen molar-refractivity contribution in [2.24, 2.45) is 0 Å². The van der Waals surface area contributed by atoms with Gasteiger partial charge in [0.15, 0.2) is 0 Å². The molecule has 0 atom stereocenters. The molecule has 0 saturated heterocycles. The number of nitrogens with one attached hydrogen (secondary N) is 1. The van der Waals surface area contributed by atoms with Crippen LogP contribution in [-0.4, -0.2) is 0 Å². The Morgan fingerprint density at radius 2 is 1.12 bits per heavy atom. The first kappa shape index (κ1) is 16.0. The summed E-state index contributed by atoms with van der Waals surface area (Å²) in [7, 11) is 0. The summed E-state index contributed by atoms with van der Waals surface area (Å²) in [6.07, 6.45) is 6.92. The highest BCUT2D eigenvalue weighted by atomic mass is 14.9. The van der Waals surface area contributed by atoms with E-state index in [4.69, 9.17) is 0 Å². The third kappa shape index (κ3) is 3.93. The van der Waals surface area contributed by atoms with Crippen LogP contribution in [0.5, 0.6) is 0 Å². The molecule has 0 unspecified atom stereocenters. The Labute approximate surface area is 150 Å². The summed E-state index contributed by atoms with van der Waals surface area (Å²) in [4.78, 5) is 0. The molecule has 25 heavy (non-hydrogen) atoms. The minimum atomic E-state index is 0.778. The molecule has 0 amide bonds. The largest absolute Gasteiger partial charge is 0.356 e. The van der Waals surface area contributed by atoms with Gasteiger partial charge in [0.2, 0.25) is 0 Å². The fourth-order valence-electron chi connectivity index (χ4n) is 3.82. The fourth-order valence-corrected chi connectivity index (χ4v) is 3.82. The van der Waals surface area contributed by atoms with Gasteiger partial charge in [-0.15, -0.1) is 0 Å². The summed E-state index contributed by atoms with van der Waals surface area (Å²) in [5.74, 6) is 0.778. The van der Waals surface area contributed by atoms with Gasteiger partial charge in [0, 0.05) is 11.4 Å². The van der Waals surface area contributed by atoms with Crippen molar-refractivity contribution in [3.63, 3.8) is 0 Å². The van der Waals surface area contributed by atoms with E-state index in [2.05, 4.69) is 66.0 Å². The third-order valence-electron chi connectivity index (χ3n) is 5.27.